The van der Waals surface area contributed by atoms with Gasteiger partial charge in [0.2, 0.25) is 0 Å². The van der Waals surface area contributed by atoms with Crippen molar-refractivity contribution in [1.82, 2.24) is 9.44 Å². The number of hydrogen-bond acceptors (Lipinski definition) is 7. The minimum atomic E-state index is -3.91. The fourth-order valence-corrected chi connectivity index (χ4v) is 4.49. The Morgan fingerprint density at radius 3 is 2.59 bits per heavy atom. The van der Waals surface area contributed by atoms with Gasteiger partial charge >= 0.3 is 16.3 Å². The summed E-state index contributed by atoms with van der Waals surface area (Å²) in [6.45, 7) is 3.36. The topological polar surface area (TPSA) is 112 Å². The molecule has 1 amide bonds. The lowest BCUT2D eigenvalue weighted by Gasteiger charge is -2.24. The number of carbonyl (C=O) groups is 1. The Bertz CT molecular complexity index is 827. The molecule has 194 valence electrons. The molecule has 1 saturated carbocycles. The minimum Gasteiger partial charge on any atom is -0.491 e. The Labute approximate surface area is 204 Å². The molecule has 1 aromatic carbocycles. The van der Waals surface area contributed by atoms with Crippen LogP contribution in [0.4, 0.5) is 4.79 Å². The summed E-state index contributed by atoms with van der Waals surface area (Å²) in [7, 11) is -2.27. The van der Waals surface area contributed by atoms with Gasteiger partial charge in [-0.25, -0.2) is 9.52 Å². The molecule has 0 atom stereocenters. The predicted molar refractivity (Wildman–Crippen MR) is 131 cm³/mol. The smallest absolute Gasteiger partial charge is 0.421 e. The first-order chi connectivity index (χ1) is 16.4. The van der Waals surface area contributed by atoms with Crippen molar-refractivity contribution in [2.75, 3.05) is 33.5 Å². The van der Waals surface area contributed by atoms with Gasteiger partial charge in [-0.05, 0) is 56.6 Å². The van der Waals surface area contributed by atoms with E-state index in [-0.39, 0.29) is 19.3 Å². The minimum absolute atomic E-state index is 0.0894. The summed E-state index contributed by atoms with van der Waals surface area (Å²) in [4.78, 5) is 11.9. The average Bonchev–Trinajstić information content (AvgIpc) is 2.81. The molecule has 1 aliphatic rings. The molecule has 0 aliphatic heterocycles. The number of aryl methyl sites for hydroxylation is 1. The first-order valence-electron chi connectivity index (χ1n) is 12.3. The standard InChI is InChI=1S/C24H40N2O7S/c1-3-4-8-15-25-34(28,29)26-24(27)32-16-9-10-20-13-14-22(31-18-17-30-2)19-23(20)33-21-11-6-5-7-12-21/h13-14,19,21,25H,3-12,15-18H2,1-2H3,(H,26,27). The maximum absolute atomic E-state index is 11.9. The number of rotatable bonds is 16. The molecule has 2 N–H and O–H groups in total. The van der Waals surface area contributed by atoms with E-state index in [1.807, 2.05) is 29.8 Å². The predicted octanol–water partition coefficient (Wildman–Crippen LogP) is 4.11. The van der Waals surface area contributed by atoms with Crippen LogP contribution in [0.3, 0.4) is 0 Å². The third-order valence-corrected chi connectivity index (χ3v) is 6.57. The van der Waals surface area contributed by atoms with Crippen molar-refractivity contribution in [3.05, 3.63) is 23.8 Å². The van der Waals surface area contributed by atoms with Crippen LogP contribution in [0.15, 0.2) is 18.2 Å². The van der Waals surface area contributed by atoms with Crippen molar-refractivity contribution in [2.45, 2.75) is 77.2 Å². The van der Waals surface area contributed by atoms with Crippen LogP contribution in [0.2, 0.25) is 0 Å². The van der Waals surface area contributed by atoms with E-state index in [9.17, 15) is 13.2 Å². The van der Waals surface area contributed by atoms with Crippen LogP contribution >= 0.6 is 0 Å². The molecule has 1 aromatic rings. The summed E-state index contributed by atoms with van der Waals surface area (Å²) in [5, 5.41) is 0. The number of ether oxygens (including phenoxy) is 4. The third kappa shape index (κ3) is 11.4. The second-order valence-electron chi connectivity index (χ2n) is 8.44. The Hall–Kier alpha value is -2.04. The second kappa shape index (κ2) is 15.8. The molecule has 0 spiro atoms. The van der Waals surface area contributed by atoms with Crippen molar-refractivity contribution in [2.24, 2.45) is 0 Å². The van der Waals surface area contributed by atoms with E-state index in [1.54, 1.807) is 7.11 Å². The van der Waals surface area contributed by atoms with Crippen LogP contribution in [0.25, 0.3) is 0 Å². The van der Waals surface area contributed by atoms with Crippen LogP contribution in [-0.4, -0.2) is 54.1 Å². The first-order valence-corrected chi connectivity index (χ1v) is 13.8. The Balaban J connectivity index is 1.84. The highest BCUT2D eigenvalue weighted by molar-refractivity contribution is 7.88. The van der Waals surface area contributed by atoms with E-state index >= 15 is 0 Å². The van der Waals surface area contributed by atoms with Crippen LogP contribution < -0.4 is 18.9 Å². The Morgan fingerprint density at radius 1 is 1.06 bits per heavy atom. The lowest BCUT2D eigenvalue weighted by molar-refractivity contribution is 0.142. The number of unbranched alkanes of at least 4 members (excludes halogenated alkanes) is 2. The van der Waals surface area contributed by atoms with Crippen molar-refractivity contribution in [3.8, 4) is 11.5 Å². The Kier molecular flexibility index (Phi) is 13.1. The van der Waals surface area contributed by atoms with Gasteiger partial charge in [-0.3, -0.25) is 0 Å². The van der Waals surface area contributed by atoms with E-state index in [0.29, 0.717) is 32.5 Å². The number of methoxy groups -OCH3 is 1. The van der Waals surface area contributed by atoms with E-state index in [1.165, 1.54) is 19.3 Å². The zero-order valence-corrected chi connectivity index (χ0v) is 21.3. The molecular formula is C24H40N2O7S. The van der Waals surface area contributed by atoms with E-state index in [2.05, 4.69) is 4.72 Å². The van der Waals surface area contributed by atoms with Crippen molar-refractivity contribution in [3.63, 3.8) is 0 Å². The zero-order valence-electron chi connectivity index (χ0n) is 20.5. The summed E-state index contributed by atoms with van der Waals surface area (Å²) in [6.07, 6.45) is 8.64. The van der Waals surface area contributed by atoms with Gasteiger partial charge in [0.15, 0.2) is 0 Å². The number of amides is 1. The molecule has 0 aromatic heterocycles. The molecule has 1 aliphatic carbocycles. The highest BCUT2D eigenvalue weighted by Gasteiger charge is 2.18. The van der Waals surface area contributed by atoms with Gasteiger partial charge in [-0.1, -0.05) is 32.3 Å². The van der Waals surface area contributed by atoms with Crippen molar-refractivity contribution in [1.29, 1.82) is 0 Å². The van der Waals surface area contributed by atoms with Crippen LogP contribution in [-0.2, 0) is 26.1 Å². The zero-order chi connectivity index (χ0) is 24.7. The number of carbonyl (C=O) groups excluding carboxylic acids is 1. The molecule has 0 radical (unpaired) electrons. The van der Waals surface area contributed by atoms with Gasteiger partial charge in [0.05, 0.1) is 19.3 Å². The summed E-state index contributed by atoms with van der Waals surface area (Å²) in [6, 6.07) is 5.76. The maximum Gasteiger partial charge on any atom is 0.421 e. The van der Waals surface area contributed by atoms with Gasteiger partial charge in [0.1, 0.15) is 18.1 Å². The molecule has 0 bridgehead atoms. The summed E-state index contributed by atoms with van der Waals surface area (Å²) in [5.41, 5.74) is 0.999. The lowest BCUT2D eigenvalue weighted by Crippen LogP contribution is -2.41. The molecule has 0 saturated heterocycles. The molecular weight excluding hydrogens is 460 g/mol. The van der Waals surface area contributed by atoms with E-state index in [0.717, 1.165) is 42.7 Å². The van der Waals surface area contributed by atoms with Gasteiger partial charge in [0, 0.05) is 19.7 Å². The molecule has 1 fully saturated rings. The normalized spacial score (nSPS) is 14.5. The van der Waals surface area contributed by atoms with E-state index in [4.69, 9.17) is 18.9 Å². The second-order valence-corrected chi connectivity index (χ2v) is 9.93. The Morgan fingerprint density at radius 2 is 1.85 bits per heavy atom. The summed E-state index contributed by atoms with van der Waals surface area (Å²) < 4.78 is 50.1. The third-order valence-electron chi connectivity index (χ3n) is 5.55. The van der Waals surface area contributed by atoms with Crippen molar-refractivity contribution < 1.29 is 32.2 Å². The molecule has 0 unspecified atom stereocenters. The van der Waals surface area contributed by atoms with Gasteiger partial charge in [-0.15, -0.1) is 0 Å². The van der Waals surface area contributed by atoms with Crippen molar-refractivity contribution >= 4 is 16.3 Å². The largest absolute Gasteiger partial charge is 0.491 e. The van der Waals surface area contributed by atoms with Crippen LogP contribution in [0.5, 0.6) is 11.5 Å². The van der Waals surface area contributed by atoms with Crippen LogP contribution in [0, 0.1) is 0 Å². The fourth-order valence-electron chi connectivity index (χ4n) is 3.73. The molecule has 34 heavy (non-hydrogen) atoms. The number of benzene rings is 1. The summed E-state index contributed by atoms with van der Waals surface area (Å²) in [5.74, 6) is 1.50. The monoisotopic (exact) mass is 500 g/mol. The molecule has 2 rings (SSSR count). The number of nitrogens with one attached hydrogen (secondary N) is 2. The molecule has 10 heteroatoms. The highest BCUT2D eigenvalue weighted by atomic mass is 32.2. The summed E-state index contributed by atoms with van der Waals surface area (Å²) >= 11 is 0. The fraction of sp³-hybridized carbons (Fsp3) is 0.708. The average molecular weight is 501 g/mol. The quantitative estimate of drug-likeness (QED) is 0.329. The van der Waals surface area contributed by atoms with Gasteiger partial charge in [-0.2, -0.15) is 13.1 Å². The van der Waals surface area contributed by atoms with Crippen LogP contribution in [0.1, 0.15) is 70.3 Å². The molecule has 0 heterocycles. The van der Waals surface area contributed by atoms with Gasteiger partial charge < -0.3 is 18.9 Å². The lowest BCUT2D eigenvalue weighted by atomic mass is 9.97. The molecule has 9 nitrogen and oxygen atoms in total. The SMILES string of the molecule is CCCCCNS(=O)(=O)NC(=O)OCCCc1ccc(OCCOC)cc1OC1CCCCC1. The highest BCUT2D eigenvalue weighted by Crippen LogP contribution is 2.30. The first kappa shape index (κ1) is 28.2. The van der Waals surface area contributed by atoms with Gasteiger partial charge in [0.25, 0.3) is 0 Å². The number of hydrogen-bond donors (Lipinski definition) is 2. The maximum atomic E-state index is 11.9. The van der Waals surface area contributed by atoms with E-state index < -0.39 is 16.3 Å².